The van der Waals surface area contributed by atoms with Crippen molar-refractivity contribution in [2.24, 2.45) is 0 Å². The Bertz CT molecular complexity index is 606. The van der Waals surface area contributed by atoms with Gasteiger partial charge in [-0.1, -0.05) is 36.0 Å². The van der Waals surface area contributed by atoms with E-state index in [0.29, 0.717) is 6.04 Å². The number of nitrogens with one attached hydrogen (secondary N) is 1. The lowest BCUT2D eigenvalue weighted by molar-refractivity contribution is 0.641. The lowest BCUT2D eigenvalue weighted by Crippen LogP contribution is -2.12. The number of benzene rings is 2. The first-order valence-electron chi connectivity index (χ1n) is 7.34. The van der Waals surface area contributed by atoms with Gasteiger partial charge in [0.05, 0.1) is 0 Å². The summed E-state index contributed by atoms with van der Waals surface area (Å²) >= 11 is 1.88. The first kappa shape index (κ1) is 13.7. The summed E-state index contributed by atoms with van der Waals surface area (Å²) < 4.78 is 0. The molecular formula is C18H21NS. The van der Waals surface area contributed by atoms with E-state index in [1.165, 1.54) is 34.6 Å². The van der Waals surface area contributed by atoms with Gasteiger partial charge >= 0.3 is 0 Å². The standard InChI is InChI=1S/C18H21NS/c1-13(19-2)17-8-3-4-9-18(17)20-16-11-10-14-6-5-7-15(14)12-16/h3-4,8-13,19H,5-7H2,1-2H3. The van der Waals surface area contributed by atoms with Crippen LogP contribution in [0.3, 0.4) is 0 Å². The fourth-order valence-corrected chi connectivity index (χ4v) is 3.93. The molecule has 0 aliphatic heterocycles. The molecule has 0 radical (unpaired) electrons. The molecule has 2 heteroatoms. The van der Waals surface area contributed by atoms with Crippen molar-refractivity contribution >= 4 is 11.8 Å². The fraction of sp³-hybridized carbons (Fsp3) is 0.333. The van der Waals surface area contributed by atoms with Crippen LogP contribution in [-0.4, -0.2) is 7.05 Å². The lowest BCUT2D eigenvalue weighted by Gasteiger charge is -2.15. The van der Waals surface area contributed by atoms with E-state index in [1.54, 1.807) is 11.1 Å². The maximum Gasteiger partial charge on any atom is 0.0300 e. The Morgan fingerprint density at radius 2 is 1.85 bits per heavy atom. The molecule has 0 spiro atoms. The molecule has 1 atom stereocenters. The maximum atomic E-state index is 3.34. The molecule has 1 aliphatic rings. The van der Waals surface area contributed by atoms with Crippen LogP contribution in [0.15, 0.2) is 52.3 Å². The highest BCUT2D eigenvalue weighted by Gasteiger charge is 2.13. The first-order valence-corrected chi connectivity index (χ1v) is 8.15. The van der Waals surface area contributed by atoms with Gasteiger partial charge in [-0.2, -0.15) is 0 Å². The number of rotatable bonds is 4. The largest absolute Gasteiger partial charge is 0.313 e. The monoisotopic (exact) mass is 283 g/mol. The highest BCUT2D eigenvalue weighted by molar-refractivity contribution is 7.99. The van der Waals surface area contributed by atoms with Gasteiger partial charge in [-0.05, 0) is 68.1 Å². The normalized spacial score (nSPS) is 15.1. The molecule has 1 N–H and O–H groups in total. The molecule has 2 aromatic carbocycles. The number of aryl methyl sites for hydroxylation is 2. The minimum absolute atomic E-state index is 0.383. The van der Waals surface area contributed by atoms with E-state index >= 15 is 0 Å². The van der Waals surface area contributed by atoms with Crippen molar-refractivity contribution < 1.29 is 0 Å². The molecule has 0 aromatic heterocycles. The maximum absolute atomic E-state index is 3.34. The van der Waals surface area contributed by atoms with E-state index in [2.05, 4.69) is 54.7 Å². The highest BCUT2D eigenvalue weighted by Crippen LogP contribution is 2.35. The molecule has 0 saturated carbocycles. The van der Waals surface area contributed by atoms with Crippen molar-refractivity contribution in [2.45, 2.75) is 42.0 Å². The molecule has 1 aliphatic carbocycles. The van der Waals surface area contributed by atoms with Crippen LogP contribution in [-0.2, 0) is 12.8 Å². The molecule has 104 valence electrons. The van der Waals surface area contributed by atoms with Crippen molar-refractivity contribution in [1.29, 1.82) is 0 Å². The van der Waals surface area contributed by atoms with Crippen molar-refractivity contribution in [3.05, 3.63) is 59.2 Å². The van der Waals surface area contributed by atoms with E-state index in [4.69, 9.17) is 0 Å². The van der Waals surface area contributed by atoms with Crippen LogP contribution in [0.5, 0.6) is 0 Å². The average molecular weight is 283 g/mol. The van der Waals surface area contributed by atoms with Crippen LogP contribution in [0.2, 0.25) is 0 Å². The summed E-state index contributed by atoms with van der Waals surface area (Å²) in [7, 11) is 2.02. The Hall–Kier alpha value is -1.25. The second-order valence-corrected chi connectivity index (χ2v) is 6.55. The zero-order valence-electron chi connectivity index (χ0n) is 12.1. The number of hydrogen-bond donors (Lipinski definition) is 1. The molecule has 0 amide bonds. The molecule has 0 bridgehead atoms. The highest BCUT2D eigenvalue weighted by atomic mass is 32.2. The molecule has 0 saturated heterocycles. The van der Waals surface area contributed by atoms with Gasteiger partial charge in [0.1, 0.15) is 0 Å². The van der Waals surface area contributed by atoms with Crippen molar-refractivity contribution in [2.75, 3.05) is 7.05 Å². The van der Waals surface area contributed by atoms with Gasteiger partial charge in [0.25, 0.3) is 0 Å². The number of hydrogen-bond acceptors (Lipinski definition) is 2. The van der Waals surface area contributed by atoms with Crippen molar-refractivity contribution in [1.82, 2.24) is 5.32 Å². The Morgan fingerprint density at radius 3 is 2.70 bits per heavy atom. The Morgan fingerprint density at radius 1 is 1.05 bits per heavy atom. The third-order valence-corrected chi connectivity index (χ3v) is 5.20. The molecule has 0 fully saturated rings. The van der Waals surface area contributed by atoms with Crippen LogP contribution in [0.1, 0.15) is 36.1 Å². The molecule has 0 heterocycles. The van der Waals surface area contributed by atoms with Gasteiger partial charge in [-0.3, -0.25) is 0 Å². The van der Waals surface area contributed by atoms with Crippen LogP contribution < -0.4 is 5.32 Å². The third kappa shape index (κ3) is 2.77. The summed E-state index contributed by atoms with van der Waals surface area (Å²) in [5.41, 5.74) is 4.47. The molecular weight excluding hydrogens is 262 g/mol. The minimum atomic E-state index is 0.383. The van der Waals surface area contributed by atoms with Crippen LogP contribution >= 0.6 is 11.8 Å². The SMILES string of the molecule is CNC(C)c1ccccc1Sc1ccc2c(c1)CCC2. The quantitative estimate of drug-likeness (QED) is 0.879. The summed E-state index contributed by atoms with van der Waals surface area (Å²) in [6.45, 7) is 2.21. The summed E-state index contributed by atoms with van der Waals surface area (Å²) in [5.74, 6) is 0. The summed E-state index contributed by atoms with van der Waals surface area (Å²) in [4.78, 5) is 2.72. The van der Waals surface area contributed by atoms with Gasteiger partial charge in [-0.25, -0.2) is 0 Å². The summed E-state index contributed by atoms with van der Waals surface area (Å²) in [6, 6.07) is 16.0. The predicted molar refractivity (Wildman–Crippen MR) is 86.5 cm³/mol. The molecule has 20 heavy (non-hydrogen) atoms. The summed E-state index contributed by atoms with van der Waals surface area (Å²) in [5, 5.41) is 3.34. The van der Waals surface area contributed by atoms with Gasteiger partial charge in [-0.15, -0.1) is 0 Å². The molecule has 2 aromatic rings. The number of fused-ring (bicyclic) bond motifs is 1. The van der Waals surface area contributed by atoms with Crippen LogP contribution in [0.4, 0.5) is 0 Å². The second-order valence-electron chi connectivity index (χ2n) is 5.43. The third-order valence-electron chi connectivity index (χ3n) is 4.12. The van der Waals surface area contributed by atoms with Crippen molar-refractivity contribution in [3.8, 4) is 0 Å². The molecule has 3 rings (SSSR count). The Kier molecular flexibility index (Phi) is 4.13. The minimum Gasteiger partial charge on any atom is -0.313 e. The van der Waals surface area contributed by atoms with E-state index in [0.717, 1.165) is 0 Å². The zero-order valence-corrected chi connectivity index (χ0v) is 13.0. The van der Waals surface area contributed by atoms with Gasteiger partial charge < -0.3 is 5.32 Å². The lowest BCUT2D eigenvalue weighted by atomic mass is 10.1. The van der Waals surface area contributed by atoms with E-state index in [1.807, 2.05) is 18.8 Å². The summed E-state index contributed by atoms with van der Waals surface area (Å²) in [6.07, 6.45) is 3.82. The second kappa shape index (κ2) is 6.02. The molecule has 1 nitrogen and oxygen atoms in total. The Balaban J connectivity index is 1.88. The van der Waals surface area contributed by atoms with Crippen LogP contribution in [0, 0.1) is 0 Å². The Labute approximate surface area is 125 Å². The van der Waals surface area contributed by atoms with Gasteiger partial charge in [0, 0.05) is 15.8 Å². The van der Waals surface area contributed by atoms with E-state index in [-0.39, 0.29) is 0 Å². The van der Waals surface area contributed by atoms with Gasteiger partial charge in [0.15, 0.2) is 0 Å². The average Bonchev–Trinajstić information content (AvgIpc) is 2.94. The molecule has 1 unspecified atom stereocenters. The first-order chi connectivity index (χ1) is 9.78. The van der Waals surface area contributed by atoms with E-state index < -0.39 is 0 Å². The predicted octanol–water partition coefficient (Wildman–Crippen LogP) is 4.61. The fourth-order valence-electron chi connectivity index (χ4n) is 2.83. The zero-order chi connectivity index (χ0) is 13.9. The van der Waals surface area contributed by atoms with Crippen molar-refractivity contribution in [3.63, 3.8) is 0 Å². The smallest absolute Gasteiger partial charge is 0.0300 e. The topological polar surface area (TPSA) is 12.0 Å². The van der Waals surface area contributed by atoms with Gasteiger partial charge in [0.2, 0.25) is 0 Å². The van der Waals surface area contributed by atoms with E-state index in [9.17, 15) is 0 Å². The van der Waals surface area contributed by atoms with Crippen LogP contribution in [0.25, 0.3) is 0 Å².